The van der Waals surface area contributed by atoms with Crippen LogP contribution in [0.1, 0.15) is 63.5 Å². The average molecular weight is 522 g/mol. The van der Waals surface area contributed by atoms with Gasteiger partial charge in [-0.25, -0.2) is 13.2 Å². The Morgan fingerprint density at radius 3 is 2.08 bits per heavy atom. The number of hydrogen-bond donors (Lipinski definition) is 3. The molecule has 0 heterocycles. The molecule has 0 bridgehead atoms. The third-order valence-electron chi connectivity index (χ3n) is 6.18. The summed E-state index contributed by atoms with van der Waals surface area (Å²) < 4.78 is 84.3. The fourth-order valence-electron chi connectivity index (χ4n) is 3.86. The Labute approximate surface area is 204 Å². The summed E-state index contributed by atoms with van der Waals surface area (Å²) >= 11 is 0. The SMILES string of the molecule is CC[C@H](NC(=O)[C@H](CC(F)(F)CC1CC1)N[C@@H](c1ccc(F)cc1)C(F)(F)F)C(=O)C(=O)NC1CC1. The van der Waals surface area contributed by atoms with Crippen molar-refractivity contribution in [3.63, 3.8) is 0 Å². The van der Waals surface area contributed by atoms with Crippen LogP contribution in [0.5, 0.6) is 0 Å². The van der Waals surface area contributed by atoms with Crippen LogP contribution in [0.25, 0.3) is 0 Å². The molecule has 0 radical (unpaired) electrons. The van der Waals surface area contributed by atoms with Gasteiger partial charge in [-0.1, -0.05) is 19.1 Å². The van der Waals surface area contributed by atoms with Crippen LogP contribution in [0.15, 0.2) is 24.3 Å². The minimum absolute atomic E-state index is 0.0749. The summed E-state index contributed by atoms with van der Waals surface area (Å²) in [5.74, 6) is -7.74. The van der Waals surface area contributed by atoms with Crippen molar-refractivity contribution in [1.82, 2.24) is 16.0 Å². The second-order valence-electron chi connectivity index (χ2n) is 9.53. The largest absolute Gasteiger partial charge is 0.407 e. The zero-order valence-corrected chi connectivity index (χ0v) is 19.6. The summed E-state index contributed by atoms with van der Waals surface area (Å²) in [6.45, 7) is 1.47. The molecule has 2 aliphatic carbocycles. The highest BCUT2D eigenvalue weighted by molar-refractivity contribution is 6.38. The maximum atomic E-state index is 14.7. The Balaban J connectivity index is 1.81. The van der Waals surface area contributed by atoms with E-state index in [-0.39, 0.29) is 18.4 Å². The molecule has 6 nitrogen and oxygen atoms in total. The number of rotatable bonds is 13. The summed E-state index contributed by atoms with van der Waals surface area (Å²) in [6.07, 6.45) is -4.36. The van der Waals surface area contributed by atoms with Crippen LogP contribution in [0.2, 0.25) is 0 Å². The van der Waals surface area contributed by atoms with Crippen molar-refractivity contribution >= 4 is 17.6 Å². The molecule has 3 N–H and O–H groups in total. The van der Waals surface area contributed by atoms with Crippen LogP contribution in [0.3, 0.4) is 0 Å². The Kier molecular flexibility index (Phi) is 8.68. The van der Waals surface area contributed by atoms with Gasteiger partial charge in [0.25, 0.3) is 5.91 Å². The van der Waals surface area contributed by atoms with Gasteiger partial charge in [0.2, 0.25) is 17.6 Å². The van der Waals surface area contributed by atoms with Crippen molar-refractivity contribution in [2.45, 2.75) is 88.1 Å². The summed E-state index contributed by atoms with van der Waals surface area (Å²) in [5.41, 5.74) is -0.473. The standard InChI is InChI=1S/C24H29F6N3O3/c1-2-17(19(34)22(36)31-16-9-10-16)33-21(35)18(12-23(26,27)11-13-3-4-13)32-20(24(28,29)30)14-5-7-15(25)8-6-14/h5-8,13,16-18,20,32H,2-4,9-12H2,1H3,(H,31,36)(H,33,35)/t17-,18-,20-/m0/s1. The quantitative estimate of drug-likeness (QED) is 0.271. The first-order valence-corrected chi connectivity index (χ1v) is 11.9. The van der Waals surface area contributed by atoms with E-state index in [2.05, 4.69) is 10.6 Å². The number of alkyl halides is 5. The number of hydrogen-bond acceptors (Lipinski definition) is 4. The average Bonchev–Trinajstić information content (AvgIpc) is 3.72. The number of carbonyl (C=O) groups excluding carboxylic acids is 3. The van der Waals surface area contributed by atoms with Crippen LogP contribution in [0.4, 0.5) is 26.3 Å². The third kappa shape index (κ3) is 8.21. The summed E-state index contributed by atoms with van der Waals surface area (Å²) in [4.78, 5) is 37.5. The lowest BCUT2D eigenvalue weighted by atomic mass is 9.98. The van der Waals surface area contributed by atoms with Gasteiger partial charge in [-0.05, 0) is 55.7 Å². The zero-order chi connectivity index (χ0) is 26.7. The molecule has 0 aliphatic heterocycles. The molecule has 2 amide bonds. The van der Waals surface area contributed by atoms with E-state index in [1.165, 1.54) is 6.92 Å². The van der Waals surface area contributed by atoms with Gasteiger partial charge in [0, 0.05) is 18.9 Å². The van der Waals surface area contributed by atoms with Gasteiger partial charge in [0.05, 0.1) is 12.1 Å². The first kappa shape index (κ1) is 27.9. The van der Waals surface area contributed by atoms with E-state index in [0.717, 1.165) is 24.3 Å². The van der Waals surface area contributed by atoms with Gasteiger partial charge in [-0.3, -0.25) is 19.7 Å². The predicted octanol–water partition coefficient (Wildman–Crippen LogP) is 3.96. The number of benzene rings is 1. The molecule has 200 valence electrons. The van der Waals surface area contributed by atoms with Crippen molar-refractivity contribution < 1.29 is 40.7 Å². The van der Waals surface area contributed by atoms with Crippen molar-refractivity contribution in [3.8, 4) is 0 Å². The minimum atomic E-state index is -5.01. The maximum absolute atomic E-state index is 14.7. The fourth-order valence-corrected chi connectivity index (χ4v) is 3.86. The Morgan fingerprint density at radius 1 is 0.972 bits per heavy atom. The smallest absolute Gasteiger partial charge is 0.347 e. The highest BCUT2D eigenvalue weighted by Gasteiger charge is 2.47. The molecule has 2 fully saturated rings. The van der Waals surface area contributed by atoms with E-state index in [1.54, 1.807) is 0 Å². The van der Waals surface area contributed by atoms with E-state index < -0.39 is 72.0 Å². The zero-order valence-electron chi connectivity index (χ0n) is 19.6. The van der Waals surface area contributed by atoms with Crippen molar-refractivity contribution in [3.05, 3.63) is 35.6 Å². The monoisotopic (exact) mass is 521 g/mol. The molecule has 12 heteroatoms. The van der Waals surface area contributed by atoms with Crippen LogP contribution in [0, 0.1) is 11.7 Å². The second kappa shape index (κ2) is 11.2. The number of halogens is 6. The first-order chi connectivity index (χ1) is 16.8. The summed E-state index contributed by atoms with van der Waals surface area (Å²) in [5, 5.41) is 6.61. The molecule has 0 saturated heterocycles. The molecule has 3 rings (SSSR count). The lowest BCUT2D eigenvalue weighted by molar-refractivity contribution is -0.163. The number of ketones is 1. The molecule has 2 aliphatic rings. The predicted molar refractivity (Wildman–Crippen MR) is 117 cm³/mol. The third-order valence-corrected chi connectivity index (χ3v) is 6.18. The molecular weight excluding hydrogens is 492 g/mol. The molecule has 1 aromatic carbocycles. The Morgan fingerprint density at radius 2 is 1.58 bits per heavy atom. The van der Waals surface area contributed by atoms with Crippen LogP contribution >= 0.6 is 0 Å². The Hall–Kier alpha value is -2.63. The van der Waals surface area contributed by atoms with Crippen molar-refractivity contribution in [1.29, 1.82) is 0 Å². The normalized spacial score (nSPS) is 18.8. The molecule has 2 saturated carbocycles. The van der Waals surface area contributed by atoms with Gasteiger partial charge in [0.15, 0.2) is 0 Å². The second-order valence-corrected chi connectivity index (χ2v) is 9.53. The van der Waals surface area contributed by atoms with Gasteiger partial charge >= 0.3 is 6.18 Å². The first-order valence-electron chi connectivity index (χ1n) is 11.9. The lowest BCUT2D eigenvalue weighted by Crippen LogP contribution is -2.55. The van der Waals surface area contributed by atoms with E-state index in [0.29, 0.717) is 25.7 Å². The Bertz CT molecular complexity index is 945. The van der Waals surface area contributed by atoms with Gasteiger partial charge in [-0.2, -0.15) is 13.2 Å². The number of Topliss-reactive ketones (excluding diaryl/α,β-unsaturated/α-hetero) is 1. The fraction of sp³-hybridized carbons (Fsp3) is 0.625. The number of amides is 2. The van der Waals surface area contributed by atoms with Crippen LogP contribution in [-0.4, -0.2) is 47.8 Å². The minimum Gasteiger partial charge on any atom is -0.347 e. The summed E-state index contributed by atoms with van der Waals surface area (Å²) in [6, 6.07) is -2.88. The van der Waals surface area contributed by atoms with Crippen molar-refractivity contribution in [2.24, 2.45) is 5.92 Å². The highest BCUT2D eigenvalue weighted by atomic mass is 19.4. The molecule has 36 heavy (non-hydrogen) atoms. The van der Waals surface area contributed by atoms with Crippen LogP contribution < -0.4 is 16.0 Å². The number of nitrogens with one attached hydrogen (secondary N) is 3. The lowest BCUT2D eigenvalue weighted by Gasteiger charge is -2.30. The van der Waals surface area contributed by atoms with Crippen molar-refractivity contribution in [2.75, 3.05) is 0 Å². The van der Waals surface area contributed by atoms with E-state index >= 15 is 0 Å². The van der Waals surface area contributed by atoms with E-state index in [1.807, 2.05) is 5.32 Å². The van der Waals surface area contributed by atoms with Gasteiger partial charge in [-0.15, -0.1) is 0 Å². The molecule has 0 unspecified atom stereocenters. The molecule has 1 aromatic rings. The highest BCUT2D eigenvalue weighted by Crippen LogP contribution is 2.41. The molecule has 3 atom stereocenters. The molecule has 0 aromatic heterocycles. The van der Waals surface area contributed by atoms with Gasteiger partial charge in [0.1, 0.15) is 11.9 Å². The molecular formula is C24H29F6N3O3. The van der Waals surface area contributed by atoms with E-state index in [9.17, 15) is 40.7 Å². The van der Waals surface area contributed by atoms with E-state index in [4.69, 9.17) is 0 Å². The van der Waals surface area contributed by atoms with Crippen LogP contribution in [-0.2, 0) is 14.4 Å². The maximum Gasteiger partial charge on any atom is 0.407 e. The molecule has 0 spiro atoms. The summed E-state index contributed by atoms with van der Waals surface area (Å²) in [7, 11) is 0. The topological polar surface area (TPSA) is 87.3 Å². The van der Waals surface area contributed by atoms with Gasteiger partial charge < -0.3 is 10.6 Å². The number of carbonyl (C=O) groups is 3.